The third kappa shape index (κ3) is 2.19. The van der Waals surface area contributed by atoms with Crippen LogP contribution in [0.15, 0.2) is 0 Å². The molecule has 2 nitrogen and oxygen atoms in total. The Morgan fingerprint density at radius 3 is 2.53 bits per heavy atom. The molecule has 2 aliphatic rings. The van der Waals surface area contributed by atoms with Gasteiger partial charge in [0.2, 0.25) is 0 Å². The molecular formula is C13H24N2. The molecule has 0 aromatic rings. The van der Waals surface area contributed by atoms with Gasteiger partial charge in [-0.25, -0.2) is 0 Å². The van der Waals surface area contributed by atoms with Crippen LogP contribution in [0.3, 0.4) is 0 Å². The van der Waals surface area contributed by atoms with E-state index in [4.69, 9.17) is 5.41 Å². The highest BCUT2D eigenvalue weighted by Gasteiger charge is 2.34. The number of hydrogen-bond donors (Lipinski definition) is 1. The molecule has 86 valence electrons. The average Bonchev–Trinajstić information content (AvgIpc) is 2.64. The lowest BCUT2D eigenvalue weighted by Crippen LogP contribution is -2.44. The minimum Gasteiger partial charge on any atom is -0.357 e. The monoisotopic (exact) mass is 208 g/mol. The Hall–Kier alpha value is -0.530. The average molecular weight is 208 g/mol. The first-order valence-electron chi connectivity index (χ1n) is 6.54. The Kier molecular flexibility index (Phi) is 3.32. The summed E-state index contributed by atoms with van der Waals surface area (Å²) >= 11 is 0. The van der Waals surface area contributed by atoms with Crippen LogP contribution in [0.25, 0.3) is 0 Å². The number of nitrogens with one attached hydrogen (secondary N) is 1. The molecule has 1 aliphatic carbocycles. The van der Waals surface area contributed by atoms with Crippen molar-refractivity contribution in [3.05, 3.63) is 0 Å². The molecule has 0 radical (unpaired) electrons. The zero-order chi connectivity index (χ0) is 10.8. The summed E-state index contributed by atoms with van der Waals surface area (Å²) in [7, 11) is 0. The quantitative estimate of drug-likeness (QED) is 0.741. The molecule has 0 aromatic heterocycles. The van der Waals surface area contributed by atoms with Gasteiger partial charge in [0.05, 0.1) is 5.84 Å². The molecule has 0 amide bonds. The normalized spacial score (nSPS) is 32.7. The molecule has 2 rings (SSSR count). The second kappa shape index (κ2) is 4.54. The smallest absolute Gasteiger partial charge is 0.0960 e. The van der Waals surface area contributed by atoms with Gasteiger partial charge >= 0.3 is 0 Å². The van der Waals surface area contributed by atoms with Crippen LogP contribution in [-0.4, -0.2) is 23.3 Å². The maximum atomic E-state index is 8.00. The van der Waals surface area contributed by atoms with E-state index >= 15 is 0 Å². The molecule has 1 saturated carbocycles. The van der Waals surface area contributed by atoms with Crippen LogP contribution >= 0.6 is 0 Å². The molecule has 0 spiro atoms. The highest BCUT2D eigenvalue weighted by Crippen LogP contribution is 2.35. The fourth-order valence-electron chi connectivity index (χ4n) is 3.37. The number of rotatable bonds is 2. The lowest BCUT2D eigenvalue weighted by atomic mass is 9.77. The van der Waals surface area contributed by atoms with Gasteiger partial charge in [0.15, 0.2) is 0 Å². The van der Waals surface area contributed by atoms with Crippen LogP contribution in [0.4, 0.5) is 0 Å². The zero-order valence-electron chi connectivity index (χ0n) is 10.1. The van der Waals surface area contributed by atoms with Crippen molar-refractivity contribution in [3.63, 3.8) is 0 Å². The van der Waals surface area contributed by atoms with Gasteiger partial charge in [0.25, 0.3) is 0 Å². The van der Waals surface area contributed by atoms with Crippen LogP contribution in [0.2, 0.25) is 0 Å². The first-order chi connectivity index (χ1) is 7.20. The highest BCUT2D eigenvalue weighted by molar-refractivity contribution is 5.81. The standard InChI is InChI=1S/C13H24N2/c1-10(2)11-6-3-4-7-12(11)15-9-5-8-13(15)14/h10-12,14H,3-9H2,1-2H3. The fraction of sp³-hybridized carbons (Fsp3) is 0.923. The van der Waals surface area contributed by atoms with E-state index in [1.165, 1.54) is 32.1 Å². The number of nitrogens with zero attached hydrogens (tertiary/aromatic N) is 1. The summed E-state index contributed by atoms with van der Waals surface area (Å²) in [5.41, 5.74) is 0. The summed E-state index contributed by atoms with van der Waals surface area (Å²) < 4.78 is 0. The molecular weight excluding hydrogens is 184 g/mol. The van der Waals surface area contributed by atoms with E-state index in [-0.39, 0.29) is 0 Å². The Morgan fingerprint density at radius 1 is 1.20 bits per heavy atom. The van der Waals surface area contributed by atoms with Crippen molar-refractivity contribution in [1.82, 2.24) is 4.90 Å². The Balaban J connectivity index is 2.06. The molecule has 2 heteroatoms. The molecule has 1 heterocycles. The van der Waals surface area contributed by atoms with E-state index < -0.39 is 0 Å². The van der Waals surface area contributed by atoms with Gasteiger partial charge < -0.3 is 4.90 Å². The van der Waals surface area contributed by atoms with Gasteiger partial charge in [-0.2, -0.15) is 0 Å². The Labute approximate surface area is 93.6 Å². The maximum absolute atomic E-state index is 8.00. The van der Waals surface area contributed by atoms with Crippen molar-refractivity contribution >= 4 is 5.84 Å². The lowest BCUT2D eigenvalue weighted by molar-refractivity contribution is 0.139. The first-order valence-corrected chi connectivity index (χ1v) is 6.54. The molecule has 15 heavy (non-hydrogen) atoms. The van der Waals surface area contributed by atoms with Gasteiger partial charge in [-0.1, -0.05) is 26.7 Å². The van der Waals surface area contributed by atoms with Crippen LogP contribution in [-0.2, 0) is 0 Å². The van der Waals surface area contributed by atoms with E-state index in [2.05, 4.69) is 18.7 Å². The van der Waals surface area contributed by atoms with Crippen LogP contribution in [0, 0.1) is 17.2 Å². The molecule has 1 N–H and O–H groups in total. The molecule has 2 atom stereocenters. The molecule has 0 aromatic carbocycles. The minimum absolute atomic E-state index is 0.689. The van der Waals surface area contributed by atoms with Crippen LogP contribution in [0.5, 0.6) is 0 Å². The molecule has 2 fully saturated rings. The predicted octanol–water partition coefficient (Wildman–Crippen LogP) is 3.27. The second-order valence-electron chi connectivity index (χ2n) is 5.50. The Bertz CT molecular complexity index is 235. The molecule has 2 unspecified atom stereocenters. The largest absolute Gasteiger partial charge is 0.357 e. The van der Waals surface area contributed by atoms with Crippen molar-refractivity contribution in [1.29, 1.82) is 5.41 Å². The van der Waals surface area contributed by atoms with Crippen molar-refractivity contribution in [2.45, 2.75) is 58.4 Å². The van der Waals surface area contributed by atoms with E-state index in [0.717, 1.165) is 30.6 Å². The minimum atomic E-state index is 0.689. The molecule has 1 aliphatic heterocycles. The maximum Gasteiger partial charge on any atom is 0.0960 e. The number of amidine groups is 1. The summed E-state index contributed by atoms with van der Waals surface area (Å²) in [6.45, 7) is 5.85. The molecule has 1 saturated heterocycles. The van der Waals surface area contributed by atoms with E-state index in [1.54, 1.807) is 0 Å². The Morgan fingerprint density at radius 2 is 1.93 bits per heavy atom. The second-order valence-corrected chi connectivity index (χ2v) is 5.50. The van der Waals surface area contributed by atoms with Gasteiger partial charge in [0, 0.05) is 19.0 Å². The van der Waals surface area contributed by atoms with Crippen molar-refractivity contribution in [2.24, 2.45) is 11.8 Å². The van der Waals surface area contributed by atoms with Crippen LogP contribution < -0.4 is 0 Å². The highest BCUT2D eigenvalue weighted by atomic mass is 15.2. The predicted molar refractivity (Wildman–Crippen MR) is 64.3 cm³/mol. The molecule has 0 bridgehead atoms. The van der Waals surface area contributed by atoms with Gasteiger partial charge in [-0.05, 0) is 31.1 Å². The van der Waals surface area contributed by atoms with Gasteiger partial charge in [-0.3, -0.25) is 5.41 Å². The first kappa shape index (κ1) is 11.0. The lowest BCUT2D eigenvalue weighted by Gasteiger charge is -2.41. The summed E-state index contributed by atoms with van der Waals surface area (Å²) in [5, 5.41) is 8.00. The number of hydrogen-bond acceptors (Lipinski definition) is 1. The van der Waals surface area contributed by atoms with Gasteiger partial charge in [-0.15, -0.1) is 0 Å². The third-order valence-electron chi connectivity index (χ3n) is 4.20. The van der Waals surface area contributed by atoms with E-state index in [9.17, 15) is 0 Å². The summed E-state index contributed by atoms with van der Waals surface area (Å²) in [4.78, 5) is 2.41. The van der Waals surface area contributed by atoms with E-state index in [1.807, 2.05) is 0 Å². The van der Waals surface area contributed by atoms with Gasteiger partial charge in [0.1, 0.15) is 0 Å². The fourth-order valence-corrected chi connectivity index (χ4v) is 3.37. The topological polar surface area (TPSA) is 27.1 Å². The zero-order valence-corrected chi connectivity index (χ0v) is 10.1. The van der Waals surface area contributed by atoms with Crippen molar-refractivity contribution < 1.29 is 0 Å². The van der Waals surface area contributed by atoms with Crippen molar-refractivity contribution in [3.8, 4) is 0 Å². The van der Waals surface area contributed by atoms with Crippen LogP contribution in [0.1, 0.15) is 52.4 Å². The summed E-state index contributed by atoms with van der Waals surface area (Å²) in [6, 6.07) is 0.689. The van der Waals surface area contributed by atoms with Crippen molar-refractivity contribution in [2.75, 3.05) is 6.54 Å². The summed E-state index contributed by atoms with van der Waals surface area (Å²) in [5.74, 6) is 2.52. The van der Waals surface area contributed by atoms with E-state index in [0.29, 0.717) is 6.04 Å². The third-order valence-corrected chi connectivity index (χ3v) is 4.20. The number of likely N-dealkylation sites (tertiary alicyclic amines) is 1. The SMILES string of the molecule is CC(C)C1CCCCC1N1CCCC1=N. The summed E-state index contributed by atoms with van der Waals surface area (Å²) in [6.07, 6.45) is 7.71.